The number of anilines is 2. The lowest BCUT2D eigenvalue weighted by molar-refractivity contribution is -0.193. The molecule has 8 rings (SSSR count). The summed E-state index contributed by atoms with van der Waals surface area (Å²) in [5, 5.41) is 6.04. The van der Waals surface area contributed by atoms with Crippen molar-refractivity contribution in [2.75, 3.05) is 43.6 Å². The van der Waals surface area contributed by atoms with E-state index in [2.05, 4.69) is 30.6 Å². The largest absolute Gasteiger partial charge is 0.449 e. The fourth-order valence-electron chi connectivity index (χ4n) is 8.73. The number of primary amides is 1. The van der Waals surface area contributed by atoms with Crippen LogP contribution in [0, 0.1) is 5.92 Å². The second-order valence-electron chi connectivity index (χ2n) is 16.3. The number of nitrogens with zero attached hydrogens (tertiary/aromatic N) is 5. The van der Waals surface area contributed by atoms with E-state index in [1.165, 1.54) is 25.1 Å². The van der Waals surface area contributed by atoms with Gasteiger partial charge in [-0.2, -0.15) is 24.2 Å². The van der Waals surface area contributed by atoms with Gasteiger partial charge >= 0.3 is 24.5 Å². The number of Topliss-reactive ketones (excluding diaryl/α,β-unsaturated/α-hetero) is 3. The van der Waals surface area contributed by atoms with Gasteiger partial charge in [-0.25, -0.2) is 19.6 Å². The second-order valence-corrected chi connectivity index (χ2v) is 18.8. The van der Waals surface area contributed by atoms with Gasteiger partial charge in [0.2, 0.25) is 17.5 Å². The number of benzene rings is 2. The van der Waals surface area contributed by atoms with E-state index in [4.69, 9.17) is 50.6 Å². The predicted molar refractivity (Wildman–Crippen MR) is 256 cm³/mol. The van der Waals surface area contributed by atoms with Gasteiger partial charge in [-0.1, -0.05) is 33.7 Å². The number of aromatic nitrogens is 4. The molecule has 25 nitrogen and oxygen atoms in total. The van der Waals surface area contributed by atoms with Crippen LogP contribution in [0.3, 0.4) is 0 Å². The molecule has 0 spiro atoms. The summed E-state index contributed by atoms with van der Waals surface area (Å²) < 4.78 is 16.9. The number of nitrogens with one attached hydrogen (secondary N) is 3. The molecule has 9 N–H and O–H groups in total. The zero-order valence-corrected chi connectivity index (χ0v) is 40.6. The van der Waals surface area contributed by atoms with Crippen molar-refractivity contribution in [2.45, 2.75) is 68.5 Å². The Morgan fingerprint density at radius 1 is 0.932 bits per heavy atom. The number of carbonyl (C=O) groups excluding carboxylic acids is 10. The van der Waals surface area contributed by atoms with Crippen molar-refractivity contribution in [3.8, 4) is 0 Å². The fourth-order valence-corrected chi connectivity index (χ4v) is 10.8. The van der Waals surface area contributed by atoms with Crippen molar-refractivity contribution in [3.05, 3.63) is 104 Å². The maximum absolute atomic E-state index is 13.4. The zero-order chi connectivity index (χ0) is 53.0. The highest BCUT2D eigenvalue weighted by molar-refractivity contribution is 8.76. The number of H-pyrrole nitrogens is 1. The molecule has 4 aromatic rings. The van der Waals surface area contributed by atoms with E-state index in [1.54, 1.807) is 50.8 Å². The van der Waals surface area contributed by atoms with E-state index >= 15 is 0 Å². The molecule has 2 fully saturated rings. The lowest BCUT2D eigenvalue weighted by Gasteiger charge is -2.40. The Kier molecular flexibility index (Phi) is 18.0. The Hall–Kier alpha value is -8.22. The number of ether oxygens (including phenoxy) is 3. The average molecular weight is 1040 g/mol. The number of ketones is 3. The Balaban J connectivity index is 0.00000138. The molecular formula is C46H47N11O14S2. The van der Waals surface area contributed by atoms with E-state index in [9.17, 15) is 33.6 Å². The van der Waals surface area contributed by atoms with E-state index in [0.717, 1.165) is 21.9 Å². The summed E-state index contributed by atoms with van der Waals surface area (Å²) in [6, 6.07) is 13.5. The van der Waals surface area contributed by atoms with Gasteiger partial charge in [0.15, 0.2) is 16.9 Å². The molecule has 2 saturated heterocycles. The molecule has 0 radical (unpaired) electrons. The van der Waals surface area contributed by atoms with E-state index in [0.29, 0.717) is 43.5 Å². The molecule has 0 saturated carbocycles. The van der Waals surface area contributed by atoms with Crippen molar-refractivity contribution >= 4 is 92.1 Å². The van der Waals surface area contributed by atoms with Crippen molar-refractivity contribution < 1.29 is 62.2 Å². The van der Waals surface area contributed by atoms with Gasteiger partial charge in [-0.15, -0.1) is 0 Å². The van der Waals surface area contributed by atoms with Gasteiger partial charge in [0.05, 0.1) is 41.8 Å². The summed E-state index contributed by atoms with van der Waals surface area (Å²) in [6.07, 6.45) is 2.39. The van der Waals surface area contributed by atoms with Crippen molar-refractivity contribution in [1.82, 2.24) is 35.1 Å². The molecule has 3 amide bonds. The summed E-state index contributed by atoms with van der Waals surface area (Å²) in [5.74, 6) is -1.31. The number of nitrogen functional groups attached to an aromatic ring is 1. The van der Waals surface area contributed by atoms with Crippen molar-refractivity contribution in [2.24, 2.45) is 17.4 Å². The average Bonchev–Trinajstić information content (AvgIpc) is 3.89. The van der Waals surface area contributed by atoms with Gasteiger partial charge < -0.3 is 46.9 Å². The first-order valence-corrected chi connectivity index (χ1v) is 24.4. The Morgan fingerprint density at radius 3 is 2.29 bits per heavy atom. The van der Waals surface area contributed by atoms with E-state index in [-0.39, 0.29) is 96.0 Å². The van der Waals surface area contributed by atoms with Gasteiger partial charge in [0.25, 0.3) is 11.5 Å². The molecule has 0 bridgehead atoms. The summed E-state index contributed by atoms with van der Waals surface area (Å²) in [7, 11) is 4.62. The number of nitrogens with two attached hydrogens (primary N) is 3. The predicted octanol–water partition coefficient (Wildman–Crippen LogP) is 1.75. The third-order valence-corrected chi connectivity index (χ3v) is 14.5. The van der Waals surface area contributed by atoms with E-state index in [1.807, 2.05) is 24.3 Å². The molecule has 3 aliphatic heterocycles. The lowest BCUT2D eigenvalue weighted by atomic mass is 9.82. The minimum Gasteiger partial charge on any atom is -0.449 e. The van der Waals surface area contributed by atoms with Crippen LogP contribution < -0.4 is 33.4 Å². The Morgan fingerprint density at radius 2 is 1.62 bits per heavy atom. The normalized spacial score (nSPS) is 19.0. The maximum Gasteiger partial charge on any atom is 0.410 e. The van der Waals surface area contributed by atoms with E-state index < -0.39 is 47.0 Å². The molecule has 1 aliphatic carbocycles. The molecule has 4 aliphatic rings. The minimum absolute atomic E-state index is 0.000525. The zero-order valence-electron chi connectivity index (χ0n) is 39.0. The molecule has 2 aromatic heterocycles. The Labute approximate surface area is 421 Å². The molecule has 2 unspecified atom stereocenters. The van der Waals surface area contributed by atoms with Crippen LogP contribution in [0.15, 0.2) is 87.0 Å². The van der Waals surface area contributed by atoms with Crippen LogP contribution in [0.1, 0.15) is 54.2 Å². The highest BCUT2D eigenvalue weighted by atomic mass is 33.1. The minimum atomic E-state index is -1.39. The van der Waals surface area contributed by atoms with Crippen molar-refractivity contribution in [3.63, 3.8) is 0 Å². The number of fused-ring (bicyclic) bond motifs is 5. The smallest absolute Gasteiger partial charge is 0.410 e. The van der Waals surface area contributed by atoms with Crippen LogP contribution in [0.25, 0.3) is 11.2 Å². The summed E-state index contributed by atoms with van der Waals surface area (Å²) in [5.41, 5.74) is 17.9. The Bertz CT molecular complexity index is 2980. The van der Waals surface area contributed by atoms with Crippen LogP contribution in [0.5, 0.6) is 0 Å². The SMILES string of the molecule is CO[C@]12C3C(CN1C1=C(C(=O)C(N)=C(C)C1=O)[C@H]2COC(N)=O)N3C(=O)OCc1ccc(SSCCCC(=O)CCCNC(=O)c2ccc(NCc3cnc4nc(N)[nH]c(=O)c4n3)cc2)cc1.O=C=O.O=C=O. The number of hydrogen-bond acceptors (Lipinski definition) is 23. The lowest BCUT2D eigenvalue weighted by Crippen LogP contribution is -2.56. The number of carbonyl (C=O) groups is 6. The first-order valence-electron chi connectivity index (χ1n) is 22.1. The number of amides is 3. The fraction of sp³-hybridized carbons (Fsp3) is 0.348. The molecule has 27 heteroatoms. The number of hydrogen-bond donors (Lipinski definition) is 6. The first kappa shape index (κ1) is 54.1. The van der Waals surface area contributed by atoms with Gasteiger partial charge in [-0.05, 0) is 61.7 Å². The van der Waals surface area contributed by atoms with Crippen LogP contribution >= 0.6 is 21.6 Å². The quantitative estimate of drug-likeness (QED) is 0.0337. The summed E-state index contributed by atoms with van der Waals surface area (Å²) >= 11 is 0. The van der Waals surface area contributed by atoms with Crippen LogP contribution in [0.2, 0.25) is 0 Å². The highest BCUT2D eigenvalue weighted by Crippen LogP contribution is 2.60. The van der Waals surface area contributed by atoms with Crippen LogP contribution in [-0.2, 0) is 60.9 Å². The maximum atomic E-state index is 13.4. The van der Waals surface area contributed by atoms with Crippen molar-refractivity contribution in [1.29, 1.82) is 0 Å². The van der Waals surface area contributed by atoms with Crippen LogP contribution in [0.4, 0.5) is 21.2 Å². The second kappa shape index (κ2) is 24.3. The van der Waals surface area contributed by atoms with Gasteiger partial charge in [-0.3, -0.25) is 33.9 Å². The van der Waals surface area contributed by atoms with Gasteiger partial charge in [0, 0.05) is 66.1 Å². The molecule has 2 aromatic carbocycles. The molecule has 73 heavy (non-hydrogen) atoms. The topological polar surface area (TPSA) is 378 Å². The third-order valence-electron chi connectivity index (χ3n) is 12.0. The van der Waals surface area contributed by atoms with Gasteiger partial charge in [0.1, 0.15) is 25.0 Å². The standard InChI is InChI=1S/C44H47N11O10S2.2CO2/c1-22-32(45)36(58)31-29(21-64-42(47)61)44(63-2)37-30(19-54(44)34(31)35(22)57)55(37)43(62)65-20-23-7-13-28(14-8-23)67-66-16-4-6-27(56)5-3-15-48-39(59)24-9-11-25(12-10-24)49-17-26-18-50-38-33(51-26)40(60)53-41(46)52-38;2*2-1-3/h7-14,18,29-30,37,49H,3-6,15-17,19-21,45H2,1-2H3,(H2,47,61)(H,48,59)(H3,46,50,52,53,60);;/t29-,30?,37?,44-,55?;;/m1../s1. The number of piperazine rings is 1. The molecule has 382 valence electrons. The third kappa shape index (κ3) is 12.1. The number of methoxy groups -OCH3 is 1. The summed E-state index contributed by atoms with van der Waals surface area (Å²) in [4.78, 5) is 141. The van der Waals surface area contributed by atoms with Crippen LogP contribution in [-0.4, -0.2) is 128 Å². The number of aromatic amines is 1. The number of allylic oxidation sites excluding steroid dienone is 2. The summed E-state index contributed by atoms with van der Waals surface area (Å²) in [6.45, 7) is 1.96. The highest BCUT2D eigenvalue weighted by Gasteiger charge is 2.78. The molecular weight excluding hydrogens is 995 g/mol. The number of rotatable bonds is 19. The monoisotopic (exact) mass is 1040 g/mol. The first-order chi connectivity index (χ1) is 35.0. The molecule has 5 heterocycles. The molecule has 4 atom stereocenters.